The molecule has 0 bridgehead atoms. The monoisotopic (exact) mass is 631 g/mol. The average Bonchev–Trinajstić information content (AvgIpc) is 3.76. The van der Waals surface area contributed by atoms with Crippen molar-refractivity contribution in [2.75, 3.05) is 6.61 Å². The normalized spacial score (nSPS) is 14.5. The Labute approximate surface area is 257 Å². The molecule has 0 aliphatic carbocycles. The highest BCUT2D eigenvalue weighted by molar-refractivity contribution is 7.19. The molecule has 1 N–H and O–H groups in total. The van der Waals surface area contributed by atoms with Gasteiger partial charge in [0.2, 0.25) is 5.88 Å². The van der Waals surface area contributed by atoms with E-state index in [1.807, 2.05) is 10.6 Å². The lowest BCUT2D eigenvalue weighted by Crippen LogP contribution is -2.31. The summed E-state index contributed by atoms with van der Waals surface area (Å²) in [7, 11) is 0. The Morgan fingerprint density at radius 3 is 2.75 bits per heavy atom. The molecule has 1 atom stereocenters. The summed E-state index contributed by atoms with van der Waals surface area (Å²) in [5, 5.41) is 10.2. The number of benzene rings is 2. The van der Waals surface area contributed by atoms with Crippen molar-refractivity contribution in [2.24, 2.45) is 0 Å². The number of carboxylic acid groups (broad SMARTS) is 1. The number of carboxylic acids is 1. The maximum atomic E-state index is 15.5. The van der Waals surface area contributed by atoms with Gasteiger partial charge in [-0.15, -0.1) is 11.3 Å². The maximum Gasteiger partial charge on any atom is 0.335 e. The number of fused-ring (bicyclic) bond motifs is 1. The number of imidazole rings is 1. The van der Waals surface area contributed by atoms with Gasteiger partial charge in [0.05, 0.1) is 44.7 Å². The number of hydrogen-bond acceptors (Lipinski definition) is 9. The number of rotatable bonds is 10. The fourth-order valence-corrected chi connectivity index (χ4v) is 6.47. The summed E-state index contributed by atoms with van der Waals surface area (Å²) in [5.41, 5.74) is 1.63. The second-order valence-electron chi connectivity index (χ2n) is 10.2. The van der Waals surface area contributed by atoms with E-state index in [0.717, 1.165) is 33.3 Å². The minimum atomic E-state index is -1.06. The second kappa shape index (κ2) is 11.8. The molecule has 13 heteroatoms. The predicted molar refractivity (Wildman–Crippen MR) is 161 cm³/mol. The molecule has 222 valence electrons. The summed E-state index contributed by atoms with van der Waals surface area (Å²) in [6.07, 6.45) is 4.30. The third-order valence-electron chi connectivity index (χ3n) is 7.32. The summed E-state index contributed by atoms with van der Waals surface area (Å²) in [6, 6.07) is 13.8. The molecule has 0 amide bonds. The molecule has 0 saturated carbocycles. The summed E-state index contributed by atoms with van der Waals surface area (Å²) in [4.78, 5) is 27.0. The van der Waals surface area contributed by atoms with Crippen molar-refractivity contribution >= 4 is 39.9 Å². The van der Waals surface area contributed by atoms with E-state index in [0.29, 0.717) is 30.0 Å². The van der Waals surface area contributed by atoms with Crippen LogP contribution in [0.15, 0.2) is 67.0 Å². The Bertz CT molecular complexity index is 1990. The van der Waals surface area contributed by atoms with Crippen LogP contribution in [-0.2, 0) is 24.3 Å². The SMILES string of the molecule is O=C(O)c1ccc2nc(Cc3cc(F)c(-c4cccc(OCc5ncc(-c6ccns6)s5)n4)cc3F)n(C[C@@H]3CCO3)c2c1. The minimum absolute atomic E-state index is 0.000748. The lowest BCUT2D eigenvalue weighted by Gasteiger charge is -2.27. The fourth-order valence-electron chi connectivity index (χ4n) is 4.98. The Balaban J connectivity index is 1.12. The van der Waals surface area contributed by atoms with Crippen LogP contribution in [0.1, 0.15) is 33.2 Å². The van der Waals surface area contributed by atoms with Gasteiger partial charge < -0.3 is 19.1 Å². The highest BCUT2D eigenvalue weighted by Gasteiger charge is 2.24. The van der Waals surface area contributed by atoms with Crippen LogP contribution >= 0.6 is 22.9 Å². The topological polar surface area (TPSA) is 112 Å². The number of nitrogens with zero attached hydrogens (tertiary/aromatic N) is 5. The van der Waals surface area contributed by atoms with E-state index >= 15 is 8.78 Å². The van der Waals surface area contributed by atoms with Crippen LogP contribution in [-0.4, -0.2) is 47.7 Å². The number of ether oxygens (including phenoxy) is 2. The molecule has 0 radical (unpaired) electrons. The van der Waals surface area contributed by atoms with Crippen LogP contribution in [0.3, 0.4) is 0 Å². The first-order valence-electron chi connectivity index (χ1n) is 13.7. The molecule has 1 fully saturated rings. The molecule has 1 saturated heterocycles. The third-order valence-corrected chi connectivity index (χ3v) is 9.23. The van der Waals surface area contributed by atoms with Crippen LogP contribution in [0.4, 0.5) is 8.78 Å². The zero-order chi connectivity index (χ0) is 30.2. The van der Waals surface area contributed by atoms with Gasteiger partial charge in [-0.05, 0) is 66.0 Å². The number of aromatic carboxylic acids is 1. The van der Waals surface area contributed by atoms with Crippen molar-refractivity contribution in [2.45, 2.75) is 32.1 Å². The van der Waals surface area contributed by atoms with Crippen molar-refractivity contribution in [3.05, 3.63) is 101 Å². The van der Waals surface area contributed by atoms with Gasteiger partial charge in [-0.2, -0.15) is 0 Å². The van der Waals surface area contributed by atoms with Crippen molar-refractivity contribution in [1.29, 1.82) is 0 Å². The Morgan fingerprint density at radius 2 is 1.98 bits per heavy atom. The molecule has 7 rings (SSSR count). The van der Waals surface area contributed by atoms with Gasteiger partial charge in [-0.25, -0.2) is 32.9 Å². The number of thiazole rings is 1. The summed E-state index contributed by atoms with van der Waals surface area (Å²) in [5.74, 6) is -1.57. The zero-order valence-electron chi connectivity index (χ0n) is 22.9. The third kappa shape index (κ3) is 5.68. The van der Waals surface area contributed by atoms with E-state index in [4.69, 9.17) is 9.47 Å². The first-order valence-corrected chi connectivity index (χ1v) is 15.3. The summed E-state index contributed by atoms with van der Waals surface area (Å²) >= 11 is 2.87. The van der Waals surface area contributed by atoms with Gasteiger partial charge in [0.15, 0.2) is 0 Å². The highest BCUT2D eigenvalue weighted by atomic mass is 32.1. The van der Waals surface area contributed by atoms with Crippen LogP contribution in [0.5, 0.6) is 5.88 Å². The number of pyridine rings is 1. The molecule has 4 aromatic heterocycles. The molecule has 9 nitrogen and oxygen atoms in total. The van der Waals surface area contributed by atoms with Gasteiger partial charge in [-0.3, -0.25) is 0 Å². The molecule has 0 spiro atoms. The zero-order valence-corrected chi connectivity index (χ0v) is 24.6. The lowest BCUT2D eigenvalue weighted by atomic mass is 10.0. The molecule has 44 heavy (non-hydrogen) atoms. The van der Waals surface area contributed by atoms with Crippen LogP contribution in [0.25, 0.3) is 32.0 Å². The summed E-state index contributed by atoms with van der Waals surface area (Å²) in [6.45, 7) is 1.26. The van der Waals surface area contributed by atoms with Crippen molar-refractivity contribution < 1.29 is 28.2 Å². The van der Waals surface area contributed by atoms with E-state index in [1.165, 1.54) is 28.9 Å². The van der Waals surface area contributed by atoms with E-state index in [2.05, 4.69) is 19.3 Å². The lowest BCUT2D eigenvalue weighted by molar-refractivity contribution is -0.0589. The number of aromatic nitrogens is 5. The second-order valence-corrected chi connectivity index (χ2v) is 12.1. The van der Waals surface area contributed by atoms with E-state index in [1.54, 1.807) is 42.7 Å². The van der Waals surface area contributed by atoms with Crippen LogP contribution in [0.2, 0.25) is 0 Å². The fraction of sp³-hybridized carbons (Fsp3) is 0.194. The van der Waals surface area contributed by atoms with Gasteiger partial charge in [-0.1, -0.05) is 6.07 Å². The Kier molecular flexibility index (Phi) is 7.58. The average molecular weight is 632 g/mol. The predicted octanol–water partition coefficient (Wildman–Crippen LogP) is 6.61. The largest absolute Gasteiger partial charge is 0.478 e. The standard InChI is InChI=1S/C31H23F2N5O4S2/c32-21-13-20(23-2-1-3-29(37-23)42-16-30-34-14-27(43-30)26-6-8-35-44-26)22(33)10-18(21)12-28-36-24-5-4-17(31(39)40)11-25(24)38(28)15-19-7-9-41-19/h1-6,8,10-11,13-14,19H,7,9,12,15-16H2,(H,39,40)/t19-/m0/s1. The van der Waals surface area contributed by atoms with Gasteiger partial charge in [0, 0.05) is 37.1 Å². The van der Waals surface area contributed by atoms with Crippen molar-refractivity contribution in [1.82, 2.24) is 23.9 Å². The highest BCUT2D eigenvalue weighted by Crippen LogP contribution is 2.31. The summed E-state index contributed by atoms with van der Waals surface area (Å²) < 4.78 is 48.4. The van der Waals surface area contributed by atoms with Gasteiger partial charge in [0.25, 0.3) is 0 Å². The molecule has 5 heterocycles. The number of carbonyl (C=O) groups is 1. The molecular weight excluding hydrogens is 609 g/mol. The molecule has 1 aliphatic rings. The Hall–Kier alpha value is -4.59. The first kappa shape index (κ1) is 28.2. The molecule has 2 aromatic carbocycles. The quantitative estimate of drug-likeness (QED) is 0.180. The molecule has 1 aliphatic heterocycles. The minimum Gasteiger partial charge on any atom is -0.478 e. The van der Waals surface area contributed by atoms with Crippen LogP contribution in [0, 0.1) is 11.6 Å². The van der Waals surface area contributed by atoms with Gasteiger partial charge >= 0.3 is 5.97 Å². The first-order chi connectivity index (χ1) is 21.4. The van der Waals surface area contributed by atoms with E-state index in [-0.39, 0.29) is 47.4 Å². The maximum absolute atomic E-state index is 15.5. The molecular formula is C31H23F2N5O4S2. The van der Waals surface area contributed by atoms with Crippen molar-refractivity contribution in [3.8, 4) is 26.9 Å². The number of hydrogen-bond donors (Lipinski definition) is 1. The smallest absolute Gasteiger partial charge is 0.335 e. The van der Waals surface area contributed by atoms with E-state index in [9.17, 15) is 9.90 Å². The molecule has 6 aromatic rings. The molecule has 0 unspecified atom stereocenters. The van der Waals surface area contributed by atoms with Crippen LogP contribution < -0.4 is 4.74 Å². The Morgan fingerprint density at radius 1 is 1.09 bits per heavy atom. The van der Waals surface area contributed by atoms with Gasteiger partial charge in [0.1, 0.15) is 29.1 Å². The van der Waals surface area contributed by atoms with E-state index < -0.39 is 17.6 Å². The van der Waals surface area contributed by atoms with Crippen molar-refractivity contribution in [3.63, 3.8) is 0 Å². The number of halogens is 2.